The summed E-state index contributed by atoms with van der Waals surface area (Å²) in [7, 11) is 2.08. The van der Waals surface area contributed by atoms with Gasteiger partial charge in [-0.3, -0.25) is 0 Å². The Balaban J connectivity index is 2.96. The average Bonchev–Trinajstić information content (AvgIpc) is 2.04. The molecule has 0 fully saturated rings. The van der Waals surface area contributed by atoms with Gasteiger partial charge in [-0.15, -0.1) is 0 Å². The summed E-state index contributed by atoms with van der Waals surface area (Å²) in [6, 6.07) is 12.2. The molecule has 2 aromatic carbocycles. The Morgan fingerprint density at radius 2 is 1.67 bits per heavy atom. The van der Waals surface area contributed by atoms with Gasteiger partial charge >= 0.3 is 0 Å². The van der Waals surface area contributed by atoms with Crippen molar-refractivity contribution in [3.8, 4) is 0 Å². The molecule has 0 atom stereocenters. The van der Waals surface area contributed by atoms with Crippen LogP contribution >= 0.6 is 11.6 Å². The van der Waals surface area contributed by atoms with Gasteiger partial charge in [0.1, 0.15) is 7.85 Å². The number of hydrogen-bond donors (Lipinski definition) is 0. The van der Waals surface area contributed by atoms with Crippen LogP contribution in [-0.2, 0) is 0 Å². The van der Waals surface area contributed by atoms with Crippen molar-refractivity contribution in [1.82, 2.24) is 0 Å². The Kier molecular flexibility index (Phi) is 1.82. The SMILES string of the molecule is Bc1cccc2cccc(Cl)c12. The predicted octanol–water partition coefficient (Wildman–Crippen LogP) is 1.75. The Morgan fingerprint density at radius 1 is 1.00 bits per heavy atom. The second-order valence-corrected chi connectivity index (χ2v) is 3.32. The maximum absolute atomic E-state index is 6.06. The molecule has 0 amide bonds. The normalized spacial score (nSPS) is 10.4. The van der Waals surface area contributed by atoms with E-state index >= 15 is 0 Å². The van der Waals surface area contributed by atoms with Crippen LogP contribution in [0, 0.1) is 0 Å². The number of fused-ring (bicyclic) bond motifs is 1. The Labute approximate surface area is 77.6 Å². The molecule has 12 heavy (non-hydrogen) atoms. The zero-order valence-electron chi connectivity index (χ0n) is 6.84. The van der Waals surface area contributed by atoms with Crippen LogP contribution in [0.3, 0.4) is 0 Å². The van der Waals surface area contributed by atoms with E-state index in [1.54, 1.807) is 0 Å². The molecule has 0 aliphatic heterocycles. The molecule has 0 unspecified atom stereocenters. The van der Waals surface area contributed by atoms with Gasteiger partial charge in [0.15, 0.2) is 0 Å². The zero-order chi connectivity index (χ0) is 8.55. The third kappa shape index (κ3) is 1.11. The standard InChI is InChI=1S/C10H8BCl/c11-8-5-1-3-7-4-2-6-9(12)10(7)8/h1-6H,11H2. The summed E-state index contributed by atoms with van der Waals surface area (Å²) in [4.78, 5) is 0. The molecule has 2 heteroatoms. The van der Waals surface area contributed by atoms with E-state index in [-0.39, 0.29) is 0 Å². The topological polar surface area (TPSA) is 0 Å². The lowest BCUT2D eigenvalue weighted by Crippen LogP contribution is -2.02. The minimum absolute atomic E-state index is 0.839. The molecule has 0 saturated carbocycles. The third-order valence-electron chi connectivity index (χ3n) is 2.06. The first kappa shape index (κ1) is 7.69. The van der Waals surface area contributed by atoms with Crippen LogP contribution < -0.4 is 5.46 Å². The van der Waals surface area contributed by atoms with Crippen LogP contribution in [0.2, 0.25) is 5.02 Å². The first-order valence-corrected chi connectivity index (χ1v) is 4.30. The summed E-state index contributed by atoms with van der Waals surface area (Å²) in [5.41, 5.74) is 1.23. The van der Waals surface area contributed by atoms with Crippen molar-refractivity contribution in [3.63, 3.8) is 0 Å². The van der Waals surface area contributed by atoms with Gasteiger partial charge < -0.3 is 0 Å². The van der Waals surface area contributed by atoms with Gasteiger partial charge in [-0.25, -0.2) is 0 Å². The van der Waals surface area contributed by atoms with Crippen molar-refractivity contribution in [2.75, 3.05) is 0 Å². The Bertz CT molecular complexity index is 386. The zero-order valence-corrected chi connectivity index (χ0v) is 7.60. The third-order valence-corrected chi connectivity index (χ3v) is 2.38. The van der Waals surface area contributed by atoms with Crippen LogP contribution in [0.5, 0.6) is 0 Å². The number of rotatable bonds is 0. The van der Waals surface area contributed by atoms with Gasteiger partial charge in [-0.1, -0.05) is 47.4 Å². The first-order valence-electron chi connectivity index (χ1n) is 3.93. The Hall–Kier alpha value is -0.945. The molecule has 0 radical (unpaired) electrons. The number of benzene rings is 2. The second-order valence-electron chi connectivity index (χ2n) is 2.91. The number of halogens is 1. The fourth-order valence-electron chi connectivity index (χ4n) is 1.48. The average molecular weight is 174 g/mol. The van der Waals surface area contributed by atoms with Crippen molar-refractivity contribution >= 4 is 35.7 Å². The summed E-state index contributed by atoms with van der Waals surface area (Å²) in [5, 5.41) is 3.22. The molecule has 0 bridgehead atoms. The molecule has 58 valence electrons. The van der Waals surface area contributed by atoms with E-state index in [1.807, 2.05) is 18.2 Å². The smallest absolute Gasteiger partial charge is 0.0837 e. The van der Waals surface area contributed by atoms with Crippen molar-refractivity contribution in [1.29, 1.82) is 0 Å². The van der Waals surface area contributed by atoms with Crippen molar-refractivity contribution < 1.29 is 0 Å². The van der Waals surface area contributed by atoms with Gasteiger partial charge in [0.05, 0.1) is 0 Å². The fraction of sp³-hybridized carbons (Fsp3) is 0. The lowest BCUT2D eigenvalue weighted by Gasteiger charge is -2.02. The first-order chi connectivity index (χ1) is 5.79. The van der Waals surface area contributed by atoms with Crippen LogP contribution in [0.25, 0.3) is 10.8 Å². The molecular formula is C10H8BCl. The lowest BCUT2D eigenvalue weighted by molar-refractivity contribution is 1.78. The molecule has 0 aliphatic rings. The fourth-order valence-corrected chi connectivity index (χ4v) is 1.81. The van der Waals surface area contributed by atoms with E-state index in [0.29, 0.717) is 0 Å². The summed E-state index contributed by atoms with van der Waals surface area (Å²) < 4.78 is 0. The molecule has 0 aliphatic carbocycles. The lowest BCUT2D eigenvalue weighted by atomic mass is 9.90. The maximum atomic E-state index is 6.06. The van der Waals surface area contributed by atoms with Crippen LogP contribution in [0.4, 0.5) is 0 Å². The van der Waals surface area contributed by atoms with Crippen LogP contribution in [0.1, 0.15) is 0 Å². The molecule has 2 aromatic rings. The summed E-state index contributed by atoms with van der Waals surface area (Å²) >= 11 is 6.06. The molecule has 0 nitrogen and oxygen atoms in total. The summed E-state index contributed by atoms with van der Waals surface area (Å²) in [5.74, 6) is 0. The Morgan fingerprint density at radius 3 is 2.33 bits per heavy atom. The quantitative estimate of drug-likeness (QED) is 0.534. The van der Waals surface area contributed by atoms with E-state index < -0.39 is 0 Å². The molecule has 0 heterocycles. The molecular weight excluding hydrogens is 166 g/mol. The van der Waals surface area contributed by atoms with E-state index in [0.717, 1.165) is 5.02 Å². The van der Waals surface area contributed by atoms with E-state index in [9.17, 15) is 0 Å². The highest BCUT2D eigenvalue weighted by Gasteiger charge is 1.99. The van der Waals surface area contributed by atoms with E-state index in [2.05, 4.69) is 26.0 Å². The maximum Gasteiger partial charge on any atom is 0.140 e. The highest BCUT2D eigenvalue weighted by atomic mass is 35.5. The monoisotopic (exact) mass is 174 g/mol. The van der Waals surface area contributed by atoms with Crippen molar-refractivity contribution in [2.24, 2.45) is 0 Å². The van der Waals surface area contributed by atoms with Gasteiger partial charge in [-0.05, 0) is 16.8 Å². The van der Waals surface area contributed by atoms with Gasteiger partial charge in [0, 0.05) is 5.02 Å². The largest absolute Gasteiger partial charge is 0.140 e. The van der Waals surface area contributed by atoms with Gasteiger partial charge in [0.2, 0.25) is 0 Å². The highest BCUT2D eigenvalue weighted by Crippen LogP contribution is 2.20. The molecule has 2 rings (SSSR count). The molecule has 0 aromatic heterocycles. The summed E-state index contributed by atoms with van der Waals surface area (Å²) in [6.07, 6.45) is 0. The van der Waals surface area contributed by atoms with E-state index in [4.69, 9.17) is 11.6 Å². The molecule has 0 N–H and O–H groups in total. The minimum atomic E-state index is 0.839. The highest BCUT2D eigenvalue weighted by molar-refractivity contribution is 6.45. The number of hydrogen-bond acceptors (Lipinski definition) is 0. The predicted molar refractivity (Wildman–Crippen MR) is 57.1 cm³/mol. The van der Waals surface area contributed by atoms with Gasteiger partial charge in [-0.2, -0.15) is 0 Å². The second kappa shape index (κ2) is 2.83. The minimum Gasteiger partial charge on any atom is -0.0837 e. The molecule has 0 saturated heterocycles. The van der Waals surface area contributed by atoms with Gasteiger partial charge in [0.25, 0.3) is 0 Å². The van der Waals surface area contributed by atoms with Crippen LogP contribution in [0.15, 0.2) is 36.4 Å². The van der Waals surface area contributed by atoms with Crippen LogP contribution in [-0.4, -0.2) is 7.85 Å². The van der Waals surface area contributed by atoms with Crippen molar-refractivity contribution in [3.05, 3.63) is 41.4 Å². The van der Waals surface area contributed by atoms with Crippen molar-refractivity contribution in [2.45, 2.75) is 0 Å². The summed E-state index contributed by atoms with van der Waals surface area (Å²) in [6.45, 7) is 0. The molecule has 0 spiro atoms. The van der Waals surface area contributed by atoms with E-state index in [1.165, 1.54) is 16.2 Å².